The fourth-order valence-corrected chi connectivity index (χ4v) is 2.95. The van der Waals surface area contributed by atoms with Crippen molar-refractivity contribution < 1.29 is 0 Å². The van der Waals surface area contributed by atoms with Gasteiger partial charge in [-0.15, -0.1) is 0 Å². The standard InChI is InChI=1S/C16H26N2/c1-14-8-6-7-11-18(14)13-16(2,12-17)15-9-4-3-5-10-15/h3-5,9-10,14H,6-8,11-13,17H2,1-2H3. The summed E-state index contributed by atoms with van der Waals surface area (Å²) in [5.41, 5.74) is 7.52. The normalized spacial score (nSPS) is 24.7. The van der Waals surface area contributed by atoms with Gasteiger partial charge in [-0.25, -0.2) is 0 Å². The molecular formula is C16H26N2. The minimum absolute atomic E-state index is 0.0762. The number of nitrogens with two attached hydrogens (primary N) is 1. The van der Waals surface area contributed by atoms with E-state index in [-0.39, 0.29) is 5.41 Å². The average molecular weight is 246 g/mol. The minimum Gasteiger partial charge on any atom is -0.330 e. The number of rotatable bonds is 4. The van der Waals surface area contributed by atoms with Crippen LogP contribution < -0.4 is 5.73 Å². The zero-order valence-corrected chi connectivity index (χ0v) is 11.7. The molecule has 0 bridgehead atoms. The highest BCUT2D eigenvalue weighted by Crippen LogP contribution is 2.27. The quantitative estimate of drug-likeness (QED) is 0.885. The van der Waals surface area contributed by atoms with Crippen molar-refractivity contribution in [3.05, 3.63) is 35.9 Å². The van der Waals surface area contributed by atoms with Crippen LogP contribution in [0.15, 0.2) is 30.3 Å². The maximum atomic E-state index is 6.08. The maximum absolute atomic E-state index is 6.08. The van der Waals surface area contributed by atoms with E-state index in [1.165, 1.54) is 31.4 Å². The Morgan fingerprint density at radius 1 is 1.28 bits per heavy atom. The zero-order valence-electron chi connectivity index (χ0n) is 11.7. The first kappa shape index (κ1) is 13.6. The molecule has 2 unspecified atom stereocenters. The summed E-state index contributed by atoms with van der Waals surface area (Å²) in [4.78, 5) is 2.61. The molecule has 2 rings (SSSR count). The Balaban J connectivity index is 2.12. The van der Waals surface area contributed by atoms with Crippen molar-refractivity contribution in [2.24, 2.45) is 5.73 Å². The fourth-order valence-electron chi connectivity index (χ4n) is 2.95. The van der Waals surface area contributed by atoms with Crippen molar-refractivity contribution in [1.82, 2.24) is 4.90 Å². The molecule has 1 heterocycles. The Morgan fingerprint density at radius 3 is 2.61 bits per heavy atom. The molecule has 1 fully saturated rings. The highest BCUT2D eigenvalue weighted by molar-refractivity contribution is 5.25. The average Bonchev–Trinajstić information content (AvgIpc) is 2.42. The summed E-state index contributed by atoms with van der Waals surface area (Å²) >= 11 is 0. The van der Waals surface area contributed by atoms with Crippen LogP contribution in [0.4, 0.5) is 0 Å². The van der Waals surface area contributed by atoms with Gasteiger partial charge in [0.1, 0.15) is 0 Å². The van der Waals surface area contributed by atoms with E-state index in [2.05, 4.69) is 49.1 Å². The molecule has 0 saturated carbocycles. The first-order valence-electron chi connectivity index (χ1n) is 7.15. The molecule has 2 N–H and O–H groups in total. The van der Waals surface area contributed by atoms with Crippen molar-refractivity contribution in [2.75, 3.05) is 19.6 Å². The van der Waals surface area contributed by atoms with Crippen LogP contribution in [0.2, 0.25) is 0 Å². The zero-order chi connectivity index (χ0) is 13.0. The molecule has 0 spiro atoms. The molecule has 1 aromatic rings. The lowest BCUT2D eigenvalue weighted by molar-refractivity contribution is 0.129. The summed E-state index contributed by atoms with van der Waals surface area (Å²) in [7, 11) is 0. The molecule has 2 atom stereocenters. The first-order chi connectivity index (χ1) is 8.65. The second kappa shape index (κ2) is 5.85. The van der Waals surface area contributed by atoms with E-state index in [4.69, 9.17) is 5.73 Å². The van der Waals surface area contributed by atoms with Crippen molar-refractivity contribution in [2.45, 2.75) is 44.6 Å². The number of hydrogen-bond acceptors (Lipinski definition) is 2. The maximum Gasteiger partial charge on any atom is 0.0174 e. The molecular weight excluding hydrogens is 220 g/mol. The van der Waals surface area contributed by atoms with Gasteiger partial charge in [0.05, 0.1) is 0 Å². The van der Waals surface area contributed by atoms with Gasteiger partial charge in [-0.3, -0.25) is 4.90 Å². The second-order valence-corrected chi connectivity index (χ2v) is 5.95. The fraction of sp³-hybridized carbons (Fsp3) is 0.625. The van der Waals surface area contributed by atoms with E-state index in [1.54, 1.807) is 0 Å². The van der Waals surface area contributed by atoms with Crippen molar-refractivity contribution in [1.29, 1.82) is 0 Å². The van der Waals surface area contributed by atoms with Gasteiger partial charge in [-0.2, -0.15) is 0 Å². The molecule has 1 saturated heterocycles. The van der Waals surface area contributed by atoms with E-state index in [1.807, 2.05) is 0 Å². The Morgan fingerprint density at radius 2 is 2.00 bits per heavy atom. The summed E-state index contributed by atoms with van der Waals surface area (Å²) in [6, 6.07) is 11.4. The van der Waals surface area contributed by atoms with Gasteiger partial charge < -0.3 is 5.73 Å². The van der Waals surface area contributed by atoms with Crippen LogP contribution in [0.5, 0.6) is 0 Å². The summed E-state index contributed by atoms with van der Waals surface area (Å²) in [6.45, 7) is 7.66. The lowest BCUT2D eigenvalue weighted by Crippen LogP contribution is -2.48. The summed E-state index contributed by atoms with van der Waals surface area (Å²) in [6.07, 6.45) is 4.04. The second-order valence-electron chi connectivity index (χ2n) is 5.95. The molecule has 1 aromatic carbocycles. The van der Waals surface area contributed by atoms with Gasteiger partial charge in [-0.05, 0) is 31.9 Å². The topological polar surface area (TPSA) is 29.3 Å². The van der Waals surface area contributed by atoms with Crippen molar-refractivity contribution in [3.63, 3.8) is 0 Å². The van der Waals surface area contributed by atoms with E-state index in [9.17, 15) is 0 Å². The predicted molar refractivity (Wildman–Crippen MR) is 77.7 cm³/mol. The SMILES string of the molecule is CC1CCCCN1CC(C)(CN)c1ccccc1. The van der Waals surface area contributed by atoms with Crippen LogP contribution in [-0.2, 0) is 5.41 Å². The largest absolute Gasteiger partial charge is 0.330 e. The number of benzene rings is 1. The van der Waals surface area contributed by atoms with Crippen LogP contribution in [0.25, 0.3) is 0 Å². The van der Waals surface area contributed by atoms with Gasteiger partial charge in [0.15, 0.2) is 0 Å². The van der Waals surface area contributed by atoms with Gasteiger partial charge >= 0.3 is 0 Å². The molecule has 0 radical (unpaired) electrons. The highest BCUT2D eigenvalue weighted by Gasteiger charge is 2.30. The first-order valence-corrected chi connectivity index (χ1v) is 7.15. The van der Waals surface area contributed by atoms with E-state index in [0.717, 1.165) is 6.54 Å². The Kier molecular flexibility index (Phi) is 4.41. The predicted octanol–water partition coefficient (Wildman–Crippen LogP) is 2.78. The summed E-state index contributed by atoms with van der Waals surface area (Å²) < 4.78 is 0. The van der Waals surface area contributed by atoms with Crippen LogP contribution in [0, 0.1) is 0 Å². The third-order valence-corrected chi connectivity index (χ3v) is 4.41. The third-order valence-electron chi connectivity index (χ3n) is 4.41. The molecule has 0 aliphatic carbocycles. The lowest BCUT2D eigenvalue weighted by Gasteiger charge is -2.40. The number of piperidine rings is 1. The van der Waals surface area contributed by atoms with E-state index < -0.39 is 0 Å². The molecule has 0 amide bonds. The van der Waals surface area contributed by atoms with Gasteiger partial charge in [0.25, 0.3) is 0 Å². The molecule has 1 aliphatic rings. The van der Waals surface area contributed by atoms with E-state index in [0.29, 0.717) is 12.6 Å². The van der Waals surface area contributed by atoms with Crippen molar-refractivity contribution in [3.8, 4) is 0 Å². The molecule has 2 heteroatoms. The molecule has 18 heavy (non-hydrogen) atoms. The number of hydrogen-bond donors (Lipinski definition) is 1. The Bertz CT molecular complexity index is 363. The minimum atomic E-state index is 0.0762. The summed E-state index contributed by atoms with van der Waals surface area (Å²) in [5.74, 6) is 0. The monoisotopic (exact) mass is 246 g/mol. The molecule has 0 aromatic heterocycles. The molecule has 1 aliphatic heterocycles. The van der Waals surface area contributed by atoms with Crippen LogP contribution in [0.1, 0.15) is 38.7 Å². The Hall–Kier alpha value is -0.860. The van der Waals surface area contributed by atoms with Gasteiger partial charge in [0.2, 0.25) is 0 Å². The van der Waals surface area contributed by atoms with E-state index >= 15 is 0 Å². The Labute approximate surface area is 111 Å². The third kappa shape index (κ3) is 2.93. The van der Waals surface area contributed by atoms with Crippen LogP contribution >= 0.6 is 0 Å². The van der Waals surface area contributed by atoms with Crippen LogP contribution in [-0.4, -0.2) is 30.6 Å². The number of nitrogens with zero attached hydrogens (tertiary/aromatic N) is 1. The molecule has 100 valence electrons. The smallest absolute Gasteiger partial charge is 0.0174 e. The number of likely N-dealkylation sites (tertiary alicyclic amines) is 1. The highest BCUT2D eigenvalue weighted by atomic mass is 15.2. The van der Waals surface area contributed by atoms with Gasteiger partial charge in [0, 0.05) is 24.5 Å². The van der Waals surface area contributed by atoms with Crippen molar-refractivity contribution >= 4 is 0 Å². The van der Waals surface area contributed by atoms with Gasteiger partial charge in [-0.1, -0.05) is 43.7 Å². The lowest BCUT2D eigenvalue weighted by atomic mass is 9.81. The molecule has 2 nitrogen and oxygen atoms in total. The van der Waals surface area contributed by atoms with Crippen LogP contribution in [0.3, 0.4) is 0 Å². The summed E-state index contributed by atoms with van der Waals surface area (Å²) in [5, 5.41) is 0.